The molecule has 1 N–H and O–H groups in total. The Morgan fingerprint density at radius 1 is 1.17 bits per heavy atom. The number of furan rings is 1. The zero-order chi connectivity index (χ0) is 12.4. The van der Waals surface area contributed by atoms with Crippen LogP contribution in [0.3, 0.4) is 0 Å². The van der Waals surface area contributed by atoms with Crippen LogP contribution in [-0.2, 0) is 18.0 Å². The van der Waals surface area contributed by atoms with Gasteiger partial charge >= 0.3 is 0 Å². The van der Waals surface area contributed by atoms with Gasteiger partial charge in [0.05, 0.1) is 31.8 Å². The molecule has 94 valence electrons. The van der Waals surface area contributed by atoms with Crippen LogP contribution in [0.15, 0.2) is 41.2 Å². The summed E-state index contributed by atoms with van der Waals surface area (Å²) in [5.41, 5.74) is 5.04. The van der Waals surface area contributed by atoms with E-state index in [2.05, 4.69) is 30.4 Å². The molecule has 3 heteroatoms. The first-order valence-electron chi connectivity index (χ1n) is 6.33. The van der Waals surface area contributed by atoms with Crippen LogP contribution in [0.1, 0.15) is 35.2 Å². The van der Waals surface area contributed by atoms with Crippen molar-refractivity contribution in [3.63, 3.8) is 0 Å². The van der Waals surface area contributed by atoms with E-state index in [-0.39, 0.29) is 6.04 Å². The summed E-state index contributed by atoms with van der Waals surface area (Å²) in [5.74, 6) is 0. The van der Waals surface area contributed by atoms with Crippen molar-refractivity contribution in [2.75, 3.05) is 6.54 Å². The van der Waals surface area contributed by atoms with Crippen molar-refractivity contribution in [1.82, 2.24) is 5.32 Å². The quantitative estimate of drug-likeness (QED) is 0.896. The van der Waals surface area contributed by atoms with E-state index in [0.29, 0.717) is 0 Å². The van der Waals surface area contributed by atoms with E-state index >= 15 is 0 Å². The minimum absolute atomic E-state index is 0.194. The van der Waals surface area contributed by atoms with Crippen molar-refractivity contribution in [2.24, 2.45) is 0 Å². The van der Waals surface area contributed by atoms with Crippen LogP contribution in [0.4, 0.5) is 0 Å². The van der Waals surface area contributed by atoms with Gasteiger partial charge in [0.25, 0.3) is 0 Å². The Morgan fingerprint density at radius 3 is 2.83 bits per heavy atom. The van der Waals surface area contributed by atoms with E-state index in [4.69, 9.17) is 9.15 Å². The van der Waals surface area contributed by atoms with Gasteiger partial charge in [-0.15, -0.1) is 0 Å². The van der Waals surface area contributed by atoms with Crippen LogP contribution in [0.5, 0.6) is 0 Å². The van der Waals surface area contributed by atoms with Gasteiger partial charge in [0.2, 0.25) is 0 Å². The van der Waals surface area contributed by atoms with E-state index < -0.39 is 0 Å². The number of fused-ring (bicyclic) bond motifs is 1. The van der Waals surface area contributed by atoms with Gasteiger partial charge in [-0.1, -0.05) is 25.1 Å². The third-order valence-electron chi connectivity index (χ3n) is 3.36. The lowest BCUT2D eigenvalue weighted by Crippen LogP contribution is -2.21. The summed E-state index contributed by atoms with van der Waals surface area (Å²) in [6.07, 6.45) is 3.52. The molecule has 1 atom stereocenters. The maximum absolute atomic E-state index is 5.46. The molecular weight excluding hydrogens is 226 g/mol. The molecule has 0 amide bonds. The van der Waals surface area contributed by atoms with Crippen molar-refractivity contribution < 1.29 is 9.15 Å². The third-order valence-corrected chi connectivity index (χ3v) is 3.36. The zero-order valence-electron chi connectivity index (χ0n) is 10.5. The van der Waals surface area contributed by atoms with Crippen molar-refractivity contribution in [2.45, 2.75) is 26.2 Å². The standard InChI is InChI=1S/C15H17NO2/c1-2-16-15(13-5-6-17-9-13)11-3-4-12-8-18-10-14(12)7-11/h3-7,9,15-16H,2,8,10H2,1H3. The number of rotatable bonds is 4. The predicted octanol–water partition coefficient (Wildman–Crippen LogP) is 3.01. The zero-order valence-corrected chi connectivity index (χ0v) is 10.5. The normalized spacial score (nSPS) is 15.6. The molecule has 0 radical (unpaired) electrons. The second-order valence-electron chi connectivity index (χ2n) is 4.57. The first kappa shape index (κ1) is 11.5. The first-order valence-corrected chi connectivity index (χ1v) is 6.33. The number of ether oxygens (including phenoxy) is 1. The molecule has 0 bridgehead atoms. The molecule has 0 saturated carbocycles. The lowest BCUT2D eigenvalue weighted by Gasteiger charge is -2.17. The molecule has 1 aliphatic heterocycles. The van der Waals surface area contributed by atoms with Crippen molar-refractivity contribution >= 4 is 0 Å². The van der Waals surface area contributed by atoms with Crippen LogP contribution in [0.2, 0.25) is 0 Å². The molecule has 18 heavy (non-hydrogen) atoms. The van der Waals surface area contributed by atoms with Crippen molar-refractivity contribution in [3.8, 4) is 0 Å². The van der Waals surface area contributed by atoms with Gasteiger partial charge in [-0.25, -0.2) is 0 Å². The SMILES string of the molecule is CCNC(c1ccoc1)c1ccc2c(c1)COC2. The summed E-state index contributed by atoms with van der Waals surface area (Å²) < 4.78 is 10.7. The number of hydrogen-bond donors (Lipinski definition) is 1. The summed E-state index contributed by atoms with van der Waals surface area (Å²) in [6, 6.07) is 8.79. The highest BCUT2D eigenvalue weighted by molar-refractivity contribution is 5.38. The largest absolute Gasteiger partial charge is 0.472 e. The Balaban J connectivity index is 1.95. The predicted molar refractivity (Wildman–Crippen MR) is 69.2 cm³/mol. The summed E-state index contributed by atoms with van der Waals surface area (Å²) in [6.45, 7) is 4.51. The molecule has 1 unspecified atom stereocenters. The highest BCUT2D eigenvalue weighted by Crippen LogP contribution is 2.27. The van der Waals surface area contributed by atoms with Crippen molar-refractivity contribution in [3.05, 3.63) is 59.0 Å². The molecule has 0 aliphatic carbocycles. The fourth-order valence-corrected chi connectivity index (χ4v) is 2.44. The molecule has 1 aromatic heterocycles. The van der Waals surface area contributed by atoms with Gasteiger partial charge in [-0.2, -0.15) is 0 Å². The average Bonchev–Trinajstić information content (AvgIpc) is 3.05. The summed E-state index contributed by atoms with van der Waals surface area (Å²) >= 11 is 0. The van der Waals surface area contributed by atoms with E-state index in [1.807, 2.05) is 6.07 Å². The third kappa shape index (κ3) is 2.07. The minimum atomic E-state index is 0.194. The molecule has 1 aliphatic rings. The van der Waals surface area contributed by atoms with Gasteiger partial charge < -0.3 is 14.5 Å². The van der Waals surface area contributed by atoms with Crippen molar-refractivity contribution in [1.29, 1.82) is 0 Å². The number of hydrogen-bond acceptors (Lipinski definition) is 3. The summed E-state index contributed by atoms with van der Waals surface area (Å²) in [5, 5.41) is 3.49. The van der Waals surface area contributed by atoms with Gasteiger partial charge in [-0.05, 0) is 29.3 Å². The van der Waals surface area contributed by atoms with Crippen LogP contribution in [-0.4, -0.2) is 6.54 Å². The Kier molecular flexibility index (Phi) is 3.17. The molecule has 0 fully saturated rings. The highest BCUT2D eigenvalue weighted by Gasteiger charge is 2.17. The summed E-state index contributed by atoms with van der Waals surface area (Å²) in [4.78, 5) is 0. The fraction of sp³-hybridized carbons (Fsp3) is 0.333. The number of benzene rings is 1. The number of nitrogens with one attached hydrogen (secondary N) is 1. The van der Waals surface area contributed by atoms with Gasteiger partial charge in [0.15, 0.2) is 0 Å². The maximum Gasteiger partial charge on any atom is 0.0953 e. The van der Waals surface area contributed by atoms with E-state index in [1.165, 1.54) is 16.7 Å². The van der Waals surface area contributed by atoms with Gasteiger partial charge in [0, 0.05) is 5.56 Å². The fourth-order valence-electron chi connectivity index (χ4n) is 2.44. The van der Waals surface area contributed by atoms with Crippen LogP contribution < -0.4 is 5.32 Å². The average molecular weight is 243 g/mol. The first-order chi connectivity index (χ1) is 8.88. The molecule has 0 saturated heterocycles. The summed E-state index contributed by atoms with van der Waals surface area (Å²) in [7, 11) is 0. The van der Waals surface area contributed by atoms with Gasteiger partial charge in [0.1, 0.15) is 0 Å². The van der Waals surface area contributed by atoms with E-state index in [1.54, 1.807) is 12.5 Å². The van der Waals surface area contributed by atoms with Crippen LogP contribution in [0.25, 0.3) is 0 Å². The van der Waals surface area contributed by atoms with E-state index in [9.17, 15) is 0 Å². The Labute approximate surface area is 107 Å². The molecule has 3 rings (SSSR count). The van der Waals surface area contributed by atoms with Gasteiger partial charge in [-0.3, -0.25) is 0 Å². The molecule has 2 heterocycles. The maximum atomic E-state index is 5.46. The van der Waals surface area contributed by atoms with Crippen LogP contribution >= 0.6 is 0 Å². The lowest BCUT2D eigenvalue weighted by molar-refractivity contribution is 0.134. The Bertz CT molecular complexity index is 519. The smallest absolute Gasteiger partial charge is 0.0953 e. The molecule has 2 aromatic rings. The second-order valence-corrected chi connectivity index (χ2v) is 4.57. The lowest BCUT2D eigenvalue weighted by atomic mass is 9.97. The Hall–Kier alpha value is -1.58. The topological polar surface area (TPSA) is 34.4 Å². The molecule has 1 aromatic carbocycles. The monoisotopic (exact) mass is 243 g/mol. The highest BCUT2D eigenvalue weighted by atomic mass is 16.5. The Morgan fingerprint density at radius 2 is 2.06 bits per heavy atom. The molecule has 0 spiro atoms. The minimum Gasteiger partial charge on any atom is -0.472 e. The second kappa shape index (κ2) is 4.96. The molecule has 3 nitrogen and oxygen atoms in total. The molecular formula is C15H17NO2. The van der Waals surface area contributed by atoms with Crippen LogP contribution in [0, 0.1) is 0 Å². The van der Waals surface area contributed by atoms with E-state index in [0.717, 1.165) is 25.3 Å².